The second-order valence-electron chi connectivity index (χ2n) is 13.2. The fraction of sp³-hybridized carbons (Fsp3) is 0.516. The topological polar surface area (TPSA) is 108 Å². The lowest BCUT2D eigenvalue weighted by Gasteiger charge is -2.52. The number of aryl methyl sites for hydroxylation is 1. The number of carbonyl (C=O) groups is 3. The molecule has 0 aliphatic carbocycles. The SMILES string of the molecule is [B]C(O)(c1c(C)cccc1OCc1ccc(CN2CC(C)(C)OC(C)(C)C2)cc1F)N(C=O)C(C(=O)NC)C([B])([B])C([B])([B])C=O. The summed E-state index contributed by atoms with van der Waals surface area (Å²) in [6.45, 7) is 11.2. The van der Waals surface area contributed by atoms with Gasteiger partial charge in [-0.05, 0) is 57.9 Å². The molecule has 2 unspecified atom stereocenters. The highest BCUT2D eigenvalue weighted by atomic mass is 19.1. The molecule has 46 heavy (non-hydrogen) atoms. The van der Waals surface area contributed by atoms with Gasteiger partial charge in [0.2, 0.25) is 12.3 Å². The third kappa shape index (κ3) is 7.92. The van der Waals surface area contributed by atoms with E-state index in [1.807, 2.05) is 27.7 Å². The van der Waals surface area contributed by atoms with Crippen molar-refractivity contribution in [2.75, 3.05) is 20.1 Å². The van der Waals surface area contributed by atoms with Gasteiger partial charge in [0.15, 0.2) is 7.85 Å². The van der Waals surface area contributed by atoms with E-state index in [9.17, 15) is 19.5 Å². The first-order chi connectivity index (χ1) is 21.1. The van der Waals surface area contributed by atoms with Crippen molar-refractivity contribution in [2.24, 2.45) is 0 Å². The molecule has 1 aliphatic rings. The van der Waals surface area contributed by atoms with Crippen molar-refractivity contribution in [1.82, 2.24) is 15.1 Å². The Morgan fingerprint density at radius 1 is 1.13 bits per heavy atom. The molecule has 9 nitrogen and oxygen atoms in total. The maximum absolute atomic E-state index is 15.3. The summed E-state index contributed by atoms with van der Waals surface area (Å²) in [5.41, 5.74) is -2.42. The van der Waals surface area contributed by atoms with Gasteiger partial charge in [-0.15, -0.1) is 0 Å². The molecule has 10 radical (unpaired) electrons. The Bertz CT molecular complexity index is 1440. The molecule has 1 heterocycles. The van der Waals surface area contributed by atoms with Crippen LogP contribution >= 0.6 is 0 Å². The zero-order chi connectivity index (χ0) is 34.9. The average molecular weight is 621 g/mol. The summed E-state index contributed by atoms with van der Waals surface area (Å²) in [6.07, 6.45) is 0.0205. The minimum Gasteiger partial charge on any atom is -0.488 e. The number of nitrogens with zero attached hydrogens (tertiary/aromatic N) is 2. The molecule has 1 aliphatic heterocycles. The Balaban J connectivity index is 1.92. The van der Waals surface area contributed by atoms with Crippen LogP contribution in [-0.2, 0) is 37.9 Å². The van der Waals surface area contributed by atoms with Gasteiger partial charge in [-0.2, -0.15) is 0 Å². The molecule has 3 rings (SSSR count). The van der Waals surface area contributed by atoms with E-state index < -0.39 is 33.8 Å². The third-order valence-corrected chi connectivity index (χ3v) is 7.95. The number of ether oxygens (including phenoxy) is 2. The van der Waals surface area contributed by atoms with Crippen LogP contribution in [0.5, 0.6) is 5.75 Å². The monoisotopic (exact) mass is 621 g/mol. The van der Waals surface area contributed by atoms with Crippen LogP contribution in [0.15, 0.2) is 36.4 Å². The molecule has 234 valence electrons. The number of hydrogen-bond donors (Lipinski definition) is 2. The van der Waals surface area contributed by atoms with E-state index in [0.717, 1.165) is 5.56 Å². The number of aliphatic hydroxyl groups is 1. The maximum Gasteiger partial charge on any atom is 0.241 e. The number of morpholine rings is 1. The van der Waals surface area contributed by atoms with Crippen molar-refractivity contribution < 1.29 is 33.4 Å². The summed E-state index contributed by atoms with van der Waals surface area (Å²) < 4.78 is 27.4. The molecule has 2 amide bonds. The van der Waals surface area contributed by atoms with Crippen molar-refractivity contribution in [2.45, 2.75) is 81.1 Å². The van der Waals surface area contributed by atoms with Gasteiger partial charge in [0.25, 0.3) is 0 Å². The number of hydrogen-bond acceptors (Lipinski definition) is 7. The molecule has 15 heteroatoms. The van der Waals surface area contributed by atoms with E-state index >= 15 is 4.39 Å². The zero-order valence-electron chi connectivity index (χ0n) is 27.2. The predicted octanol–water partition coefficient (Wildman–Crippen LogP) is 1.05. The summed E-state index contributed by atoms with van der Waals surface area (Å²) in [5.74, 6) is -1.59. The summed E-state index contributed by atoms with van der Waals surface area (Å²) in [5, 5.41) is 8.75. The van der Waals surface area contributed by atoms with Gasteiger partial charge in [0, 0.05) is 37.8 Å². The average Bonchev–Trinajstić information content (AvgIpc) is 2.92. The number of rotatable bonds is 13. The van der Waals surface area contributed by atoms with Crippen LogP contribution in [0, 0.1) is 12.7 Å². The summed E-state index contributed by atoms with van der Waals surface area (Å²) in [4.78, 5) is 39.7. The second kappa shape index (κ2) is 13.6. The van der Waals surface area contributed by atoms with Gasteiger partial charge in [-0.1, -0.05) is 34.7 Å². The molecule has 0 aromatic heterocycles. The summed E-state index contributed by atoms with van der Waals surface area (Å²) in [7, 11) is 31.3. The van der Waals surface area contributed by atoms with Crippen LogP contribution in [0.25, 0.3) is 0 Å². The van der Waals surface area contributed by atoms with Gasteiger partial charge in [-0.25, -0.2) is 4.39 Å². The smallest absolute Gasteiger partial charge is 0.241 e. The van der Waals surface area contributed by atoms with E-state index in [4.69, 9.17) is 48.7 Å². The van der Waals surface area contributed by atoms with E-state index in [0.29, 0.717) is 30.1 Å². The fourth-order valence-corrected chi connectivity index (χ4v) is 6.03. The third-order valence-electron chi connectivity index (χ3n) is 7.95. The molecule has 2 aromatic carbocycles. The van der Waals surface area contributed by atoms with Crippen LogP contribution < -0.4 is 10.1 Å². The van der Waals surface area contributed by atoms with Crippen molar-refractivity contribution in [3.63, 3.8) is 0 Å². The lowest BCUT2D eigenvalue weighted by molar-refractivity contribution is -0.182. The van der Waals surface area contributed by atoms with Crippen LogP contribution in [0.2, 0.25) is 10.4 Å². The predicted molar refractivity (Wildman–Crippen MR) is 176 cm³/mol. The van der Waals surface area contributed by atoms with Gasteiger partial charge in [-0.3, -0.25) is 14.5 Å². The maximum atomic E-state index is 15.3. The standard InChI is InChI=1S/C31H37B5FN3O6/c1-19-8-7-9-23(24(19)31(36,44)40(18-42)25(26(43)38-6)30(34,35)29(32,33)17-41)45-14-21-11-10-20(12-22(21)37)13-39-15-27(2,3)46-28(4,5)16-39/h7-12,17-18,25,44H,13-16H2,1-6H3,(H,38,43). The molecule has 1 saturated heterocycles. The number of aldehydes is 1. The lowest BCUT2D eigenvalue weighted by Crippen LogP contribution is -2.63. The van der Waals surface area contributed by atoms with Crippen molar-refractivity contribution in [1.29, 1.82) is 0 Å². The normalized spacial score (nSPS) is 18.5. The van der Waals surface area contributed by atoms with Crippen molar-refractivity contribution >= 4 is 57.8 Å². The highest BCUT2D eigenvalue weighted by Crippen LogP contribution is 2.47. The second-order valence-corrected chi connectivity index (χ2v) is 13.2. The van der Waals surface area contributed by atoms with E-state index in [1.165, 1.54) is 19.2 Å². The molecule has 2 aromatic rings. The van der Waals surface area contributed by atoms with E-state index in [1.54, 1.807) is 31.2 Å². The first-order valence-electron chi connectivity index (χ1n) is 14.6. The number of halogens is 1. The quantitative estimate of drug-likeness (QED) is 0.196. The van der Waals surface area contributed by atoms with E-state index in [-0.39, 0.29) is 47.4 Å². The highest BCUT2D eigenvalue weighted by Gasteiger charge is 2.51. The number of benzene rings is 2. The molecule has 0 spiro atoms. The van der Waals surface area contributed by atoms with Gasteiger partial charge >= 0.3 is 0 Å². The van der Waals surface area contributed by atoms with Gasteiger partial charge in [0.05, 0.1) is 42.6 Å². The zero-order valence-corrected chi connectivity index (χ0v) is 27.2. The van der Waals surface area contributed by atoms with Crippen molar-refractivity contribution in [3.8, 4) is 5.75 Å². The number of likely N-dealkylation sites (N-methyl/N-ethyl adjacent to an activating group) is 1. The number of carbonyl (C=O) groups excluding carboxylic acids is 3. The summed E-state index contributed by atoms with van der Waals surface area (Å²) in [6, 6.07) is 7.36. The molecular weight excluding hydrogens is 583 g/mol. The Labute approximate surface area is 277 Å². The van der Waals surface area contributed by atoms with E-state index in [2.05, 4.69) is 10.2 Å². The Morgan fingerprint density at radius 2 is 1.74 bits per heavy atom. The molecule has 0 saturated carbocycles. The highest BCUT2D eigenvalue weighted by molar-refractivity contribution is 6.60. The first kappa shape index (κ1) is 37.4. The molecular formula is C31H37B5FN3O6. The van der Waals surface area contributed by atoms with Crippen LogP contribution in [-0.4, -0.2) is 110 Å². The summed E-state index contributed by atoms with van der Waals surface area (Å²) >= 11 is 0. The van der Waals surface area contributed by atoms with Crippen LogP contribution in [0.3, 0.4) is 0 Å². The Kier molecular flexibility index (Phi) is 11.1. The molecule has 0 bridgehead atoms. The number of amides is 2. The molecule has 1 fully saturated rings. The Hall–Kier alpha value is -3.02. The largest absolute Gasteiger partial charge is 0.488 e. The van der Waals surface area contributed by atoms with Crippen molar-refractivity contribution in [3.05, 3.63) is 64.5 Å². The van der Waals surface area contributed by atoms with Crippen LogP contribution in [0.1, 0.15) is 49.9 Å². The minimum absolute atomic E-state index is 0.00608. The molecule has 2 atom stereocenters. The van der Waals surface area contributed by atoms with Crippen LogP contribution in [0.4, 0.5) is 4.39 Å². The fourth-order valence-electron chi connectivity index (χ4n) is 6.03. The van der Waals surface area contributed by atoms with Gasteiger partial charge < -0.3 is 29.6 Å². The van der Waals surface area contributed by atoms with Gasteiger partial charge in [0.1, 0.15) is 36.1 Å². The first-order valence-corrected chi connectivity index (χ1v) is 14.6. The lowest BCUT2D eigenvalue weighted by atomic mass is 9.28. The number of nitrogens with one attached hydrogen (secondary N) is 1. The minimum atomic E-state index is -2.83. The Morgan fingerprint density at radius 3 is 2.26 bits per heavy atom. The molecule has 2 N–H and O–H groups in total.